The van der Waals surface area contributed by atoms with Crippen LogP contribution in [0.4, 0.5) is 5.69 Å². The Labute approximate surface area is 130 Å². The third kappa shape index (κ3) is 2.11. The van der Waals surface area contributed by atoms with Gasteiger partial charge in [0.15, 0.2) is 0 Å². The molecule has 0 fully saturated rings. The molecule has 4 rings (SSSR count). The lowest BCUT2D eigenvalue weighted by Crippen LogP contribution is -1.92. The van der Waals surface area contributed by atoms with Crippen molar-refractivity contribution in [3.63, 3.8) is 0 Å². The smallest absolute Gasteiger partial charge is 0.0423 e. The molecule has 106 valence electrons. The van der Waals surface area contributed by atoms with Gasteiger partial charge in [-0.15, -0.1) is 0 Å². The quantitative estimate of drug-likeness (QED) is 0.497. The fraction of sp³-hybridized carbons (Fsp3) is 0.0476. The highest BCUT2D eigenvalue weighted by atomic mass is 14.8. The van der Waals surface area contributed by atoms with Crippen LogP contribution < -0.4 is 5.32 Å². The van der Waals surface area contributed by atoms with E-state index < -0.39 is 0 Å². The van der Waals surface area contributed by atoms with Gasteiger partial charge in [-0.1, -0.05) is 60.7 Å². The van der Waals surface area contributed by atoms with E-state index in [1.165, 1.54) is 32.7 Å². The molecule has 0 aliphatic heterocycles. The summed E-state index contributed by atoms with van der Waals surface area (Å²) in [5.41, 5.74) is 3.65. The van der Waals surface area contributed by atoms with Gasteiger partial charge in [-0.05, 0) is 45.3 Å². The maximum Gasteiger partial charge on any atom is 0.0423 e. The van der Waals surface area contributed by atoms with Gasteiger partial charge in [-0.3, -0.25) is 0 Å². The van der Waals surface area contributed by atoms with Gasteiger partial charge in [0.05, 0.1) is 0 Å². The lowest BCUT2D eigenvalue weighted by atomic mass is 9.97. The van der Waals surface area contributed by atoms with E-state index in [2.05, 4.69) is 84.2 Å². The average Bonchev–Trinajstić information content (AvgIpc) is 2.60. The van der Waals surface area contributed by atoms with Crippen LogP contribution in [0.1, 0.15) is 0 Å². The Hall–Kier alpha value is -2.80. The maximum atomic E-state index is 3.33. The summed E-state index contributed by atoms with van der Waals surface area (Å²) in [4.78, 5) is 0. The molecule has 4 aromatic carbocycles. The van der Waals surface area contributed by atoms with E-state index in [9.17, 15) is 0 Å². The first-order valence-corrected chi connectivity index (χ1v) is 7.55. The van der Waals surface area contributed by atoms with E-state index in [0.717, 1.165) is 5.69 Å². The van der Waals surface area contributed by atoms with Crippen LogP contribution in [-0.2, 0) is 0 Å². The van der Waals surface area contributed by atoms with Gasteiger partial charge < -0.3 is 5.32 Å². The molecule has 4 aromatic rings. The van der Waals surface area contributed by atoms with E-state index in [0.29, 0.717) is 0 Å². The number of rotatable bonds is 2. The van der Waals surface area contributed by atoms with Crippen LogP contribution in [-0.4, -0.2) is 7.05 Å². The molecule has 0 spiro atoms. The summed E-state index contributed by atoms with van der Waals surface area (Å²) in [7, 11) is 1.98. The zero-order valence-corrected chi connectivity index (χ0v) is 12.5. The molecule has 0 unspecified atom stereocenters. The lowest BCUT2D eigenvalue weighted by molar-refractivity contribution is 1.52. The Morgan fingerprint density at radius 3 is 1.86 bits per heavy atom. The summed E-state index contributed by atoms with van der Waals surface area (Å²) in [6, 6.07) is 28.1. The number of anilines is 1. The van der Waals surface area contributed by atoms with E-state index in [-0.39, 0.29) is 0 Å². The van der Waals surface area contributed by atoms with Crippen molar-refractivity contribution in [2.45, 2.75) is 0 Å². The topological polar surface area (TPSA) is 12.0 Å². The van der Waals surface area contributed by atoms with Gasteiger partial charge >= 0.3 is 0 Å². The van der Waals surface area contributed by atoms with E-state index in [1.807, 2.05) is 7.05 Å². The van der Waals surface area contributed by atoms with Crippen LogP contribution in [0.2, 0.25) is 0 Å². The highest BCUT2D eigenvalue weighted by Crippen LogP contribution is 2.33. The van der Waals surface area contributed by atoms with E-state index in [4.69, 9.17) is 0 Å². The summed E-state index contributed by atoms with van der Waals surface area (Å²) in [5, 5.41) is 8.41. The number of hydrogen-bond acceptors (Lipinski definition) is 1. The van der Waals surface area contributed by atoms with Crippen LogP contribution in [0.25, 0.3) is 32.7 Å². The molecular formula is C21H17N. The fourth-order valence-corrected chi connectivity index (χ4v) is 3.04. The second kappa shape index (κ2) is 5.19. The van der Waals surface area contributed by atoms with Gasteiger partial charge in [-0.2, -0.15) is 0 Å². The third-order valence-corrected chi connectivity index (χ3v) is 4.22. The predicted molar refractivity (Wildman–Crippen MR) is 96.4 cm³/mol. The van der Waals surface area contributed by atoms with Crippen molar-refractivity contribution in [1.82, 2.24) is 0 Å². The van der Waals surface area contributed by atoms with Crippen molar-refractivity contribution >= 4 is 27.2 Å². The first-order chi connectivity index (χ1) is 10.8. The van der Waals surface area contributed by atoms with Gasteiger partial charge in [0.25, 0.3) is 0 Å². The van der Waals surface area contributed by atoms with E-state index >= 15 is 0 Å². The zero-order valence-electron chi connectivity index (χ0n) is 12.5. The Kier molecular flexibility index (Phi) is 3.05. The highest BCUT2D eigenvalue weighted by molar-refractivity contribution is 5.96. The monoisotopic (exact) mass is 283 g/mol. The Morgan fingerprint density at radius 2 is 1.18 bits per heavy atom. The second-order valence-electron chi connectivity index (χ2n) is 5.56. The van der Waals surface area contributed by atoms with Gasteiger partial charge in [0, 0.05) is 18.3 Å². The molecule has 0 atom stereocenters. The van der Waals surface area contributed by atoms with Crippen LogP contribution in [0, 0.1) is 0 Å². The summed E-state index contributed by atoms with van der Waals surface area (Å²) >= 11 is 0. The van der Waals surface area contributed by atoms with Gasteiger partial charge in [0.2, 0.25) is 0 Å². The minimum Gasteiger partial charge on any atom is -0.388 e. The molecule has 1 heteroatoms. The number of benzene rings is 4. The molecule has 0 aliphatic rings. The number of nitrogens with one attached hydrogen (secondary N) is 1. The minimum atomic E-state index is 1.16. The molecule has 1 N–H and O–H groups in total. The standard InChI is InChI=1S/C21H17N/c1-22-21-14-18-9-5-4-8-17(18)13-20(21)19-11-10-15-6-2-3-7-16(15)12-19/h2-14,22H,1H3. The van der Waals surface area contributed by atoms with Crippen LogP contribution in [0.5, 0.6) is 0 Å². The molecular weight excluding hydrogens is 266 g/mol. The average molecular weight is 283 g/mol. The first kappa shape index (κ1) is 12.9. The molecule has 0 aliphatic carbocycles. The molecule has 0 aromatic heterocycles. The Balaban J connectivity index is 1.97. The summed E-state index contributed by atoms with van der Waals surface area (Å²) in [6.45, 7) is 0. The third-order valence-electron chi connectivity index (χ3n) is 4.22. The van der Waals surface area contributed by atoms with Crippen molar-refractivity contribution in [2.24, 2.45) is 0 Å². The predicted octanol–water partition coefficient (Wildman–Crippen LogP) is 5.70. The second-order valence-corrected chi connectivity index (χ2v) is 5.56. The SMILES string of the molecule is CNc1cc2ccccc2cc1-c1ccc2ccccc2c1. The normalized spacial score (nSPS) is 11.0. The van der Waals surface area contributed by atoms with Crippen LogP contribution in [0.15, 0.2) is 78.9 Å². The van der Waals surface area contributed by atoms with E-state index in [1.54, 1.807) is 0 Å². The van der Waals surface area contributed by atoms with Crippen molar-refractivity contribution < 1.29 is 0 Å². The molecule has 0 heterocycles. The van der Waals surface area contributed by atoms with Crippen LogP contribution in [0.3, 0.4) is 0 Å². The molecule has 0 radical (unpaired) electrons. The molecule has 0 saturated heterocycles. The lowest BCUT2D eigenvalue weighted by Gasteiger charge is -2.12. The Bertz CT molecular complexity index is 970. The summed E-state index contributed by atoms with van der Waals surface area (Å²) in [6.07, 6.45) is 0. The van der Waals surface area contributed by atoms with Crippen LogP contribution >= 0.6 is 0 Å². The molecule has 22 heavy (non-hydrogen) atoms. The molecule has 0 bridgehead atoms. The summed E-state index contributed by atoms with van der Waals surface area (Å²) < 4.78 is 0. The maximum absolute atomic E-state index is 3.33. The van der Waals surface area contributed by atoms with Crippen molar-refractivity contribution in [3.05, 3.63) is 78.9 Å². The number of fused-ring (bicyclic) bond motifs is 2. The minimum absolute atomic E-state index is 1.16. The molecule has 0 saturated carbocycles. The first-order valence-electron chi connectivity index (χ1n) is 7.55. The largest absolute Gasteiger partial charge is 0.388 e. The van der Waals surface area contributed by atoms with Gasteiger partial charge in [-0.25, -0.2) is 0 Å². The summed E-state index contributed by atoms with van der Waals surface area (Å²) in [5.74, 6) is 0. The molecule has 1 nitrogen and oxygen atoms in total. The fourth-order valence-electron chi connectivity index (χ4n) is 3.04. The highest BCUT2D eigenvalue weighted by Gasteiger charge is 2.07. The molecule has 0 amide bonds. The van der Waals surface area contributed by atoms with Gasteiger partial charge in [0.1, 0.15) is 0 Å². The van der Waals surface area contributed by atoms with Crippen molar-refractivity contribution in [1.29, 1.82) is 0 Å². The number of hydrogen-bond donors (Lipinski definition) is 1. The van der Waals surface area contributed by atoms with Crippen molar-refractivity contribution in [3.8, 4) is 11.1 Å². The zero-order chi connectivity index (χ0) is 14.9. The Morgan fingerprint density at radius 1 is 0.591 bits per heavy atom. The van der Waals surface area contributed by atoms with Crippen molar-refractivity contribution in [2.75, 3.05) is 12.4 Å².